The molecule has 0 fully saturated rings. The third-order valence-electron chi connectivity index (χ3n) is 4.40. The molecule has 0 aliphatic carbocycles. The fourth-order valence-corrected chi connectivity index (χ4v) is 3.04. The van der Waals surface area contributed by atoms with E-state index in [1.165, 1.54) is 28.8 Å². The predicted molar refractivity (Wildman–Crippen MR) is 104 cm³/mol. The fraction of sp³-hybridized carbons (Fsp3) is 0.0952. The molecule has 9 heteroatoms. The summed E-state index contributed by atoms with van der Waals surface area (Å²) >= 11 is 0. The summed E-state index contributed by atoms with van der Waals surface area (Å²) in [4.78, 5) is 8.05. The number of pyridine rings is 2. The van der Waals surface area contributed by atoms with Crippen molar-refractivity contribution < 1.29 is 17.9 Å². The maximum absolute atomic E-state index is 13.7. The molecule has 0 unspecified atom stereocenters. The van der Waals surface area contributed by atoms with Crippen LogP contribution in [0.1, 0.15) is 11.3 Å². The van der Waals surface area contributed by atoms with E-state index in [4.69, 9.17) is 4.74 Å². The van der Waals surface area contributed by atoms with Gasteiger partial charge in [-0.1, -0.05) is 6.07 Å². The highest BCUT2D eigenvalue weighted by molar-refractivity contribution is 5.72. The van der Waals surface area contributed by atoms with Crippen LogP contribution in [-0.2, 0) is 6.18 Å². The van der Waals surface area contributed by atoms with Crippen molar-refractivity contribution >= 4 is 17.2 Å². The van der Waals surface area contributed by atoms with Crippen molar-refractivity contribution in [1.29, 1.82) is 5.26 Å². The van der Waals surface area contributed by atoms with Crippen LogP contribution in [0.15, 0.2) is 60.8 Å². The summed E-state index contributed by atoms with van der Waals surface area (Å²) in [5, 5.41) is 12.5. The van der Waals surface area contributed by atoms with E-state index < -0.39 is 11.9 Å². The van der Waals surface area contributed by atoms with Crippen LogP contribution in [0.4, 0.5) is 24.7 Å². The summed E-state index contributed by atoms with van der Waals surface area (Å²) in [6.45, 7) is 0. The van der Waals surface area contributed by atoms with Gasteiger partial charge in [-0.2, -0.15) is 18.4 Å². The number of hydrogen-bond acceptors (Lipinski definition) is 5. The van der Waals surface area contributed by atoms with E-state index in [1.807, 2.05) is 6.07 Å². The molecular weight excluding hydrogens is 395 g/mol. The van der Waals surface area contributed by atoms with E-state index >= 15 is 0 Å². The molecule has 0 aliphatic heterocycles. The van der Waals surface area contributed by atoms with Crippen molar-refractivity contribution in [3.05, 3.63) is 72.1 Å². The number of imidazole rings is 1. The highest BCUT2D eigenvalue weighted by Crippen LogP contribution is 2.38. The van der Waals surface area contributed by atoms with Crippen molar-refractivity contribution in [2.45, 2.75) is 6.18 Å². The molecule has 0 saturated carbocycles. The SMILES string of the molecule is COc1ccc(Nc2ccc(C#N)c(-c3c(C(F)(F)F)nc4ccccn34)n2)cc1. The van der Waals surface area contributed by atoms with Crippen LogP contribution < -0.4 is 10.1 Å². The first-order chi connectivity index (χ1) is 14.4. The molecule has 1 N–H and O–H groups in total. The van der Waals surface area contributed by atoms with E-state index in [-0.39, 0.29) is 28.4 Å². The summed E-state index contributed by atoms with van der Waals surface area (Å²) in [5.41, 5.74) is -0.715. The number of fused-ring (bicyclic) bond motifs is 1. The third kappa shape index (κ3) is 3.51. The van der Waals surface area contributed by atoms with Gasteiger partial charge >= 0.3 is 6.18 Å². The Hall–Kier alpha value is -4.06. The lowest BCUT2D eigenvalue weighted by atomic mass is 10.1. The summed E-state index contributed by atoms with van der Waals surface area (Å²) in [7, 11) is 1.55. The minimum Gasteiger partial charge on any atom is -0.497 e. The first-order valence-electron chi connectivity index (χ1n) is 8.77. The molecular formula is C21H14F3N5O. The molecule has 3 heterocycles. The highest BCUT2D eigenvalue weighted by atomic mass is 19.4. The number of hydrogen-bond donors (Lipinski definition) is 1. The number of methoxy groups -OCH3 is 1. The second-order valence-electron chi connectivity index (χ2n) is 6.29. The molecule has 4 rings (SSSR count). The fourth-order valence-electron chi connectivity index (χ4n) is 3.04. The average molecular weight is 409 g/mol. The molecule has 0 atom stereocenters. The average Bonchev–Trinajstić information content (AvgIpc) is 3.14. The Labute approximate surface area is 169 Å². The van der Waals surface area contributed by atoms with Gasteiger partial charge in [-0.3, -0.25) is 4.40 Å². The van der Waals surface area contributed by atoms with Crippen molar-refractivity contribution in [3.63, 3.8) is 0 Å². The number of ether oxygens (including phenoxy) is 1. The Morgan fingerprint density at radius 1 is 1.03 bits per heavy atom. The van der Waals surface area contributed by atoms with Gasteiger partial charge in [0, 0.05) is 11.9 Å². The highest BCUT2D eigenvalue weighted by Gasteiger charge is 2.39. The summed E-state index contributed by atoms with van der Waals surface area (Å²) in [6, 6.07) is 16.5. The van der Waals surface area contributed by atoms with Crippen molar-refractivity contribution in [3.8, 4) is 23.2 Å². The van der Waals surface area contributed by atoms with E-state index in [0.717, 1.165) is 0 Å². The van der Waals surface area contributed by atoms with Crippen LogP contribution in [0.25, 0.3) is 17.0 Å². The smallest absolute Gasteiger partial charge is 0.435 e. The van der Waals surface area contributed by atoms with Gasteiger partial charge in [0.25, 0.3) is 0 Å². The van der Waals surface area contributed by atoms with E-state index in [9.17, 15) is 18.4 Å². The van der Waals surface area contributed by atoms with Gasteiger partial charge in [0.05, 0.1) is 12.7 Å². The van der Waals surface area contributed by atoms with E-state index in [1.54, 1.807) is 43.5 Å². The lowest BCUT2D eigenvalue weighted by molar-refractivity contribution is -0.140. The zero-order chi connectivity index (χ0) is 21.3. The van der Waals surface area contributed by atoms with E-state index in [0.29, 0.717) is 11.4 Å². The van der Waals surface area contributed by atoms with Crippen molar-refractivity contribution in [2.24, 2.45) is 0 Å². The minimum atomic E-state index is -4.71. The maximum atomic E-state index is 13.7. The van der Waals surface area contributed by atoms with Gasteiger partial charge in [0.1, 0.15) is 34.7 Å². The number of nitrogens with one attached hydrogen (secondary N) is 1. The second-order valence-corrected chi connectivity index (χ2v) is 6.29. The number of nitriles is 1. The van der Waals surface area contributed by atoms with Crippen LogP contribution >= 0.6 is 0 Å². The molecule has 0 spiro atoms. The molecule has 0 bridgehead atoms. The molecule has 0 aliphatic rings. The van der Waals surface area contributed by atoms with Crippen LogP contribution in [0, 0.1) is 11.3 Å². The van der Waals surface area contributed by atoms with Crippen LogP contribution in [0.3, 0.4) is 0 Å². The van der Waals surface area contributed by atoms with Gasteiger partial charge in [0.2, 0.25) is 0 Å². The van der Waals surface area contributed by atoms with Crippen molar-refractivity contribution in [2.75, 3.05) is 12.4 Å². The maximum Gasteiger partial charge on any atom is 0.435 e. The lowest BCUT2D eigenvalue weighted by Gasteiger charge is -2.12. The van der Waals surface area contributed by atoms with Crippen LogP contribution in [-0.4, -0.2) is 21.5 Å². The van der Waals surface area contributed by atoms with Crippen molar-refractivity contribution in [1.82, 2.24) is 14.4 Å². The van der Waals surface area contributed by atoms with Gasteiger partial charge in [-0.05, 0) is 48.5 Å². The molecule has 0 radical (unpaired) electrons. The monoisotopic (exact) mass is 409 g/mol. The Morgan fingerprint density at radius 2 is 1.80 bits per heavy atom. The zero-order valence-corrected chi connectivity index (χ0v) is 15.6. The first-order valence-corrected chi connectivity index (χ1v) is 8.77. The molecule has 150 valence electrons. The largest absolute Gasteiger partial charge is 0.497 e. The molecule has 6 nitrogen and oxygen atoms in total. The zero-order valence-electron chi connectivity index (χ0n) is 15.6. The quantitative estimate of drug-likeness (QED) is 0.511. The first kappa shape index (κ1) is 19.3. The number of alkyl halides is 3. The van der Waals surface area contributed by atoms with Crippen LogP contribution in [0.2, 0.25) is 0 Å². The summed E-state index contributed by atoms with van der Waals surface area (Å²) in [5.74, 6) is 0.947. The molecule has 0 amide bonds. The molecule has 30 heavy (non-hydrogen) atoms. The minimum absolute atomic E-state index is 0.00596. The standard InChI is InChI=1S/C21H14F3N5O/c1-30-15-8-6-14(7-9-15)26-16-10-5-13(12-25)18(27-16)19-20(21(22,23)24)28-17-4-2-3-11-29(17)19/h2-11H,1H3,(H,26,27). The number of rotatable bonds is 4. The topological polar surface area (TPSA) is 75.2 Å². The predicted octanol–water partition coefficient (Wildman–Crippen LogP) is 5.04. The number of anilines is 2. The third-order valence-corrected chi connectivity index (χ3v) is 4.40. The Bertz CT molecular complexity index is 1260. The summed E-state index contributed by atoms with van der Waals surface area (Å²) < 4.78 is 47.5. The van der Waals surface area contributed by atoms with Gasteiger partial charge in [-0.15, -0.1) is 0 Å². The Kier molecular flexibility index (Phi) is 4.75. The van der Waals surface area contributed by atoms with E-state index in [2.05, 4.69) is 15.3 Å². The number of nitrogens with zero attached hydrogens (tertiary/aromatic N) is 4. The Balaban J connectivity index is 1.86. The van der Waals surface area contributed by atoms with Gasteiger partial charge in [-0.25, -0.2) is 9.97 Å². The molecule has 1 aromatic carbocycles. The normalized spacial score (nSPS) is 11.3. The van der Waals surface area contributed by atoms with Gasteiger partial charge in [0.15, 0.2) is 5.69 Å². The molecule has 3 aromatic heterocycles. The number of halogens is 3. The van der Waals surface area contributed by atoms with Gasteiger partial charge < -0.3 is 10.1 Å². The van der Waals surface area contributed by atoms with Crippen LogP contribution in [0.5, 0.6) is 5.75 Å². The summed E-state index contributed by atoms with van der Waals surface area (Å²) in [6.07, 6.45) is -3.26. The Morgan fingerprint density at radius 3 is 2.47 bits per heavy atom. The lowest BCUT2D eigenvalue weighted by Crippen LogP contribution is -2.09. The second kappa shape index (κ2) is 7.40. The molecule has 0 saturated heterocycles. The number of aromatic nitrogens is 3. The number of benzene rings is 1. The molecule has 4 aromatic rings.